The Morgan fingerprint density at radius 3 is 1.33 bits per heavy atom. The molecule has 12 aromatic rings. The third kappa shape index (κ3) is 7.67. The third-order valence-electron chi connectivity index (χ3n) is 12.6. The van der Waals surface area contributed by atoms with Gasteiger partial charge in [-0.15, -0.1) is 0 Å². The molecule has 0 N–H and O–H groups in total. The van der Waals surface area contributed by atoms with Gasteiger partial charge in [-0.3, -0.25) is 0 Å². The Bertz CT molecular complexity index is 3600. The van der Waals surface area contributed by atoms with Crippen molar-refractivity contribution in [3.8, 4) is 101 Å². The van der Waals surface area contributed by atoms with Crippen LogP contribution >= 0.6 is 0 Å². The van der Waals surface area contributed by atoms with E-state index in [1.54, 1.807) is 0 Å². The molecule has 314 valence electrons. The van der Waals surface area contributed by atoms with Crippen LogP contribution in [0.2, 0.25) is 0 Å². The number of benzene rings is 9. The van der Waals surface area contributed by atoms with E-state index < -0.39 is 0 Å². The summed E-state index contributed by atoms with van der Waals surface area (Å²) >= 11 is 0. The predicted molar refractivity (Wildman–Crippen MR) is 277 cm³/mol. The number of pyridine rings is 1. The molecular weight excluding hydrogens is 813 g/mol. The van der Waals surface area contributed by atoms with Crippen molar-refractivity contribution in [2.24, 2.45) is 0 Å². The first kappa shape index (κ1) is 39.6. The lowest BCUT2D eigenvalue weighted by Crippen LogP contribution is -1.97. The number of aromatic nitrogens is 4. The third-order valence-corrected chi connectivity index (χ3v) is 12.6. The van der Waals surface area contributed by atoms with Crippen LogP contribution in [-0.2, 0) is 0 Å². The van der Waals surface area contributed by atoms with Crippen LogP contribution in [0.15, 0.2) is 255 Å². The van der Waals surface area contributed by atoms with Gasteiger partial charge >= 0.3 is 0 Å². The lowest BCUT2D eigenvalue weighted by molar-refractivity contribution is 0.979. The highest BCUT2D eigenvalue weighted by molar-refractivity contribution is 6.09. The molecule has 0 atom stereocenters. The maximum Gasteiger partial charge on any atom is 0.160 e. The van der Waals surface area contributed by atoms with E-state index in [0.29, 0.717) is 5.82 Å². The largest absolute Gasteiger partial charge is 0.231 e. The van der Waals surface area contributed by atoms with Gasteiger partial charge < -0.3 is 0 Å². The molecule has 3 aromatic heterocycles. The highest BCUT2D eigenvalue weighted by atomic mass is 15.2. The van der Waals surface area contributed by atoms with Gasteiger partial charge in [-0.25, -0.2) is 14.5 Å². The normalized spacial score (nSPS) is 11.3. The highest BCUT2D eigenvalue weighted by Crippen LogP contribution is 2.42. The van der Waals surface area contributed by atoms with Gasteiger partial charge in [0, 0.05) is 38.8 Å². The van der Waals surface area contributed by atoms with Gasteiger partial charge in [0.25, 0.3) is 0 Å². The Morgan fingerprint density at radius 1 is 0.284 bits per heavy atom. The maximum atomic E-state index is 5.40. The summed E-state index contributed by atoms with van der Waals surface area (Å²) in [6, 6.07) is 89.9. The minimum Gasteiger partial charge on any atom is -0.231 e. The van der Waals surface area contributed by atoms with E-state index in [4.69, 9.17) is 15.1 Å². The van der Waals surface area contributed by atoms with Gasteiger partial charge in [-0.05, 0) is 74.7 Å². The second-order valence-corrected chi connectivity index (χ2v) is 16.8. The maximum absolute atomic E-state index is 5.40. The molecule has 0 unspecified atom stereocenters. The van der Waals surface area contributed by atoms with Crippen molar-refractivity contribution in [3.63, 3.8) is 0 Å². The fraction of sp³-hybridized carbons (Fsp3) is 0. The van der Waals surface area contributed by atoms with E-state index in [-0.39, 0.29) is 0 Å². The average molecular weight is 855 g/mol. The first-order chi connectivity index (χ1) is 33.2. The fourth-order valence-corrected chi connectivity index (χ4v) is 9.28. The van der Waals surface area contributed by atoms with E-state index in [0.717, 1.165) is 111 Å². The van der Waals surface area contributed by atoms with Gasteiger partial charge in [0.2, 0.25) is 0 Å². The first-order valence-corrected chi connectivity index (χ1v) is 22.7. The number of nitrogens with zero attached hydrogens (tertiary/aromatic N) is 4. The number of rotatable bonds is 9. The molecule has 12 rings (SSSR count). The SMILES string of the molecule is c1ccc(-c2cccc(-c3cc(-c4ccc(-c5ccc6c(c5)cc(-c5ccccc5)n5nc(-c7ccccc7)c(-c7ccccc7)c65)cc4)nc(-c4cccc(-c5ccccc5)c4)n3)c2)cc1. The molecule has 0 spiro atoms. The number of fused-ring (bicyclic) bond motifs is 3. The molecule has 0 aliphatic rings. The lowest BCUT2D eigenvalue weighted by atomic mass is 9.95. The van der Waals surface area contributed by atoms with Crippen molar-refractivity contribution in [1.29, 1.82) is 0 Å². The van der Waals surface area contributed by atoms with Gasteiger partial charge in [-0.2, -0.15) is 5.10 Å². The Labute approximate surface area is 389 Å². The topological polar surface area (TPSA) is 43.1 Å². The summed E-state index contributed by atoms with van der Waals surface area (Å²) in [5.74, 6) is 0.680. The summed E-state index contributed by atoms with van der Waals surface area (Å²) in [5, 5.41) is 7.68. The van der Waals surface area contributed by atoms with Gasteiger partial charge in [0.05, 0.1) is 22.6 Å². The van der Waals surface area contributed by atoms with Crippen molar-refractivity contribution in [3.05, 3.63) is 255 Å². The monoisotopic (exact) mass is 854 g/mol. The molecule has 0 aliphatic heterocycles. The van der Waals surface area contributed by atoms with Crippen LogP contribution in [0.3, 0.4) is 0 Å². The van der Waals surface area contributed by atoms with Crippen molar-refractivity contribution >= 4 is 16.3 Å². The van der Waals surface area contributed by atoms with E-state index in [2.05, 4.69) is 253 Å². The van der Waals surface area contributed by atoms with E-state index in [9.17, 15) is 0 Å². The molecule has 0 amide bonds. The van der Waals surface area contributed by atoms with E-state index in [1.165, 1.54) is 0 Å². The molecule has 4 heteroatoms. The standard InChI is InChI=1S/C63H42N4/c1-6-18-43(19-7-1)50-28-16-30-53(38-50)58-42-57(64-63(65-58)54-31-17-29-51(39-54)44-20-8-2-9-21-44)46-34-32-45(33-35-46)52-36-37-56-55(40-52)41-59(47-22-10-3-11-23-47)67-62(56)60(48-24-12-4-13-25-48)61(66-67)49-26-14-5-15-27-49/h1-42H. The zero-order valence-electron chi connectivity index (χ0n) is 36.5. The Hall–Kier alpha value is -8.99. The Balaban J connectivity index is 0.979. The first-order valence-electron chi connectivity index (χ1n) is 22.7. The smallest absolute Gasteiger partial charge is 0.160 e. The highest BCUT2D eigenvalue weighted by Gasteiger charge is 2.22. The molecule has 4 nitrogen and oxygen atoms in total. The van der Waals surface area contributed by atoms with Crippen molar-refractivity contribution < 1.29 is 0 Å². The molecule has 0 bridgehead atoms. The molecule has 9 aromatic carbocycles. The van der Waals surface area contributed by atoms with Gasteiger partial charge in [-0.1, -0.05) is 224 Å². The van der Waals surface area contributed by atoms with Crippen LogP contribution in [0, 0.1) is 0 Å². The number of hydrogen-bond acceptors (Lipinski definition) is 3. The summed E-state index contributed by atoms with van der Waals surface area (Å²) < 4.78 is 2.15. The molecule has 0 fully saturated rings. The van der Waals surface area contributed by atoms with E-state index >= 15 is 0 Å². The summed E-state index contributed by atoms with van der Waals surface area (Å²) in [6.45, 7) is 0. The fourth-order valence-electron chi connectivity index (χ4n) is 9.28. The quantitative estimate of drug-likeness (QED) is 0.145. The van der Waals surface area contributed by atoms with Gasteiger partial charge in [0.1, 0.15) is 5.69 Å². The minimum atomic E-state index is 0.680. The minimum absolute atomic E-state index is 0.680. The Morgan fingerprint density at radius 2 is 0.716 bits per heavy atom. The van der Waals surface area contributed by atoms with Gasteiger partial charge in [0.15, 0.2) is 5.82 Å². The summed E-state index contributed by atoms with van der Waals surface area (Å²) in [7, 11) is 0. The van der Waals surface area contributed by atoms with Crippen LogP contribution < -0.4 is 0 Å². The van der Waals surface area contributed by atoms with Crippen molar-refractivity contribution in [2.75, 3.05) is 0 Å². The summed E-state index contributed by atoms with van der Waals surface area (Å²) in [6.07, 6.45) is 0. The lowest BCUT2D eigenvalue weighted by Gasteiger charge is -2.13. The molecule has 0 radical (unpaired) electrons. The molecule has 0 aliphatic carbocycles. The van der Waals surface area contributed by atoms with Crippen molar-refractivity contribution in [2.45, 2.75) is 0 Å². The molecule has 0 saturated carbocycles. The molecule has 67 heavy (non-hydrogen) atoms. The molecule has 3 heterocycles. The van der Waals surface area contributed by atoms with Crippen molar-refractivity contribution in [1.82, 2.24) is 19.6 Å². The predicted octanol–water partition coefficient (Wildman–Crippen LogP) is 16.3. The Kier molecular flexibility index (Phi) is 10.2. The second-order valence-electron chi connectivity index (χ2n) is 16.8. The summed E-state index contributed by atoms with van der Waals surface area (Å²) in [4.78, 5) is 10.5. The average Bonchev–Trinajstić information content (AvgIpc) is 3.83. The van der Waals surface area contributed by atoms with E-state index in [1.807, 2.05) is 6.07 Å². The zero-order chi connectivity index (χ0) is 44.5. The molecular formula is C63H42N4. The zero-order valence-corrected chi connectivity index (χ0v) is 36.5. The number of hydrogen-bond donors (Lipinski definition) is 0. The second kappa shape index (κ2) is 17.2. The van der Waals surface area contributed by atoms with Crippen LogP contribution in [0.4, 0.5) is 0 Å². The molecule has 0 saturated heterocycles. The summed E-state index contributed by atoms with van der Waals surface area (Å²) in [5.41, 5.74) is 19.1. The van der Waals surface area contributed by atoms with Crippen LogP contribution in [0.1, 0.15) is 0 Å². The van der Waals surface area contributed by atoms with Crippen LogP contribution in [0.25, 0.3) is 117 Å². The van der Waals surface area contributed by atoms with Crippen LogP contribution in [0.5, 0.6) is 0 Å². The van der Waals surface area contributed by atoms with Crippen LogP contribution in [-0.4, -0.2) is 19.6 Å².